The minimum Gasteiger partial charge on any atom is -0.191 e. The molecule has 0 aliphatic rings. The third kappa shape index (κ3) is 0.756. The largest absolute Gasteiger partial charge is 0.191 e. The molecule has 1 radical (unpaired) electrons. The zero-order valence-corrected chi connectivity index (χ0v) is 4.20. The Morgan fingerprint density at radius 2 is 2.86 bits per heavy atom. The van der Waals surface area contributed by atoms with Crippen LogP contribution in [0.3, 0.4) is 0 Å². The normalized spacial score (nSPS) is 7.86. The van der Waals surface area contributed by atoms with Crippen LogP contribution < -0.4 is 0 Å². The summed E-state index contributed by atoms with van der Waals surface area (Å²) in [5.41, 5.74) is 0.380. The van der Waals surface area contributed by atoms with E-state index in [0.717, 1.165) is 0 Å². The van der Waals surface area contributed by atoms with Gasteiger partial charge in [0.2, 0.25) is 0 Å². The van der Waals surface area contributed by atoms with Gasteiger partial charge in [-0.1, -0.05) is 0 Å². The highest BCUT2D eigenvalue weighted by atomic mass is 32.1. The quantitative estimate of drug-likeness (QED) is 0.494. The molecule has 0 atom stereocenters. The summed E-state index contributed by atoms with van der Waals surface area (Å²) in [5, 5.41) is 9.74. The second kappa shape index (κ2) is 1.71. The van der Waals surface area contributed by atoms with Crippen LogP contribution in [0.2, 0.25) is 0 Å². The highest BCUT2D eigenvalue weighted by Gasteiger charge is 1.85. The van der Waals surface area contributed by atoms with Crippen molar-refractivity contribution in [3.63, 3.8) is 0 Å². The fourth-order valence-electron chi connectivity index (χ4n) is 0.240. The van der Waals surface area contributed by atoms with Crippen molar-refractivity contribution in [2.24, 2.45) is 0 Å². The minimum absolute atomic E-state index is 0.380. The van der Waals surface area contributed by atoms with Crippen LogP contribution in [0.4, 0.5) is 0 Å². The molecule has 0 fully saturated rings. The number of hydrogen-bond donors (Lipinski definition) is 0. The Kier molecular flexibility index (Phi) is 1.05. The van der Waals surface area contributed by atoms with Gasteiger partial charge in [0, 0.05) is 11.4 Å². The average molecular weight is 109 g/mol. The lowest BCUT2D eigenvalue weighted by atomic mass is 10.5. The summed E-state index contributed by atoms with van der Waals surface area (Å²) in [6.45, 7) is 0. The van der Waals surface area contributed by atoms with Crippen LogP contribution in [0.15, 0.2) is 5.38 Å². The molecule has 7 heavy (non-hydrogen) atoms. The first-order valence-corrected chi connectivity index (χ1v) is 2.49. The van der Waals surface area contributed by atoms with E-state index in [1.807, 2.05) is 6.07 Å². The van der Waals surface area contributed by atoms with Crippen molar-refractivity contribution >= 4 is 11.5 Å². The third-order valence-corrected chi connectivity index (χ3v) is 1.01. The molecule has 3 heteroatoms. The van der Waals surface area contributed by atoms with Crippen molar-refractivity contribution < 1.29 is 0 Å². The zero-order chi connectivity index (χ0) is 5.11. The third-order valence-electron chi connectivity index (χ3n) is 0.498. The summed E-state index contributed by atoms with van der Waals surface area (Å²) < 4.78 is 3.66. The number of aromatic nitrogens is 1. The minimum atomic E-state index is 0.380. The molecule has 0 unspecified atom stereocenters. The molecule has 0 aliphatic heterocycles. The molecule has 1 aromatic rings. The predicted molar refractivity (Wildman–Crippen MR) is 25.7 cm³/mol. The van der Waals surface area contributed by atoms with Crippen molar-refractivity contribution in [3.8, 4) is 6.07 Å². The van der Waals surface area contributed by atoms with Gasteiger partial charge in [-0.05, 0) is 11.5 Å². The second-order valence-electron chi connectivity index (χ2n) is 0.919. The standard InChI is InChI=1S/C4HN2S/c5-3-4-1-2-7-6-4/h2H. The molecule has 0 saturated carbocycles. The lowest BCUT2D eigenvalue weighted by Gasteiger charge is -1.60. The molecule has 2 nitrogen and oxygen atoms in total. The zero-order valence-electron chi connectivity index (χ0n) is 3.38. The van der Waals surface area contributed by atoms with E-state index < -0.39 is 0 Å². The van der Waals surface area contributed by atoms with Crippen LogP contribution in [0.5, 0.6) is 0 Å². The maximum absolute atomic E-state index is 8.09. The smallest absolute Gasteiger partial charge is 0.162 e. The first kappa shape index (κ1) is 4.28. The van der Waals surface area contributed by atoms with E-state index in [2.05, 4.69) is 10.4 Å². The molecule has 0 spiro atoms. The molecule has 1 aromatic heterocycles. The van der Waals surface area contributed by atoms with Crippen LogP contribution in [0, 0.1) is 17.4 Å². The van der Waals surface area contributed by atoms with Gasteiger partial charge < -0.3 is 0 Å². The highest BCUT2D eigenvalue weighted by Crippen LogP contribution is 1.93. The number of hydrogen-bond acceptors (Lipinski definition) is 3. The lowest BCUT2D eigenvalue weighted by Crippen LogP contribution is -1.63. The topological polar surface area (TPSA) is 36.7 Å². The predicted octanol–water partition coefficient (Wildman–Crippen LogP) is 0.815. The number of nitriles is 1. The Morgan fingerprint density at radius 3 is 3.14 bits per heavy atom. The Morgan fingerprint density at radius 1 is 2.00 bits per heavy atom. The van der Waals surface area contributed by atoms with E-state index in [9.17, 15) is 0 Å². The first-order valence-electron chi connectivity index (χ1n) is 1.65. The van der Waals surface area contributed by atoms with Gasteiger partial charge in [0.05, 0.1) is 0 Å². The summed E-state index contributed by atoms with van der Waals surface area (Å²) in [6, 6.07) is 4.48. The molecule has 0 aromatic carbocycles. The SMILES string of the molecule is N#Cc1[c]csn1. The molecule has 1 heterocycles. The Bertz CT molecular complexity index is 172. The van der Waals surface area contributed by atoms with Crippen LogP contribution in [-0.2, 0) is 0 Å². The molecule has 33 valence electrons. The molecular formula is C4HN2S. The lowest BCUT2D eigenvalue weighted by molar-refractivity contribution is 1.41. The van der Waals surface area contributed by atoms with Crippen LogP contribution >= 0.6 is 11.5 Å². The van der Waals surface area contributed by atoms with Crippen molar-refractivity contribution in [2.45, 2.75) is 0 Å². The van der Waals surface area contributed by atoms with Gasteiger partial charge in [0.25, 0.3) is 0 Å². The summed E-state index contributed by atoms with van der Waals surface area (Å²) in [6.07, 6.45) is 0. The van der Waals surface area contributed by atoms with E-state index in [1.54, 1.807) is 5.38 Å². The van der Waals surface area contributed by atoms with Crippen molar-refractivity contribution in [2.75, 3.05) is 0 Å². The van der Waals surface area contributed by atoms with Crippen LogP contribution in [0.25, 0.3) is 0 Å². The summed E-state index contributed by atoms with van der Waals surface area (Å²) in [5.74, 6) is 0. The van der Waals surface area contributed by atoms with Crippen molar-refractivity contribution in [1.82, 2.24) is 4.37 Å². The van der Waals surface area contributed by atoms with Gasteiger partial charge in [0.1, 0.15) is 6.07 Å². The van der Waals surface area contributed by atoms with Gasteiger partial charge in [-0.2, -0.15) is 9.64 Å². The Labute approximate surface area is 45.2 Å². The highest BCUT2D eigenvalue weighted by molar-refractivity contribution is 7.03. The summed E-state index contributed by atoms with van der Waals surface area (Å²) in [7, 11) is 0. The molecule has 0 aliphatic carbocycles. The fourth-order valence-corrected chi connectivity index (χ4v) is 0.656. The van der Waals surface area contributed by atoms with E-state index in [0.29, 0.717) is 5.69 Å². The first-order chi connectivity index (χ1) is 3.43. The summed E-state index contributed by atoms with van der Waals surface area (Å²) in [4.78, 5) is 0. The second-order valence-corrected chi connectivity index (χ2v) is 1.55. The van der Waals surface area contributed by atoms with Gasteiger partial charge in [-0.3, -0.25) is 0 Å². The van der Waals surface area contributed by atoms with Crippen molar-refractivity contribution in [1.29, 1.82) is 5.26 Å². The van der Waals surface area contributed by atoms with Gasteiger partial charge in [-0.25, -0.2) is 0 Å². The fraction of sp³-hybridized carbons (Fsp3) is 0. The van der Waals surface area contributed by atoms with Crippen LogP contribution in [-0.4, -0.2) is 4.37 Å². The molecule has 0 N–H and O–H groups in total. The monoisotopic (exact) mass is 109 g/mol. The molecule has 1 rings (SSSR count). The molecule has 0 saturated heterocycles. The number of rotatable bonds is 0. The maximum Gasteiger partial charge on any atom is 0.162 e. The molecule has 0 bridgehead atoms. The van der Waals surface area contributed by atoms with E-state index in [1.165, 1.54) is 11.5 Å². The Hall–Kier alpha value is -0.880. The Balaban J connectivity index is 3.04. The maximum atomic E-state index is 8.09. The van der Waals surface area contributed by atoms with Crippen LogP contribution in [0.1, 0.15) is 5.69 Å². The number of nitrogens with zero attached hydrogens (tertiary/aromatic N) is 2. The van der Waals surface area contributed by atoms with Gasteiger partial charge in [-0.15, -0.1) is 0 Å². The van der Waals surface area contributed by atoms with E-state index in [-0.39, 0.29) is 0 Å². The van der Waals surface area contributed by atoms with Gasteiger partial charge in [0.15, 0.2) is 5.69 Å². The van der Waals surface area contributed by atoms with E-state index in [4.69, 9.17) is 5.26 Å². The van der Waals surface area contributed by atoms with Gasteiger partial charge >= 0.3 is 0 Å². The average Bonchev–Trinajstić information content (AvgIpc) is 2.14. The molecule has 0 amide bonds. The van der Waals surface area contributed by atoms with Crippen molar-refractivity contribution in [3.05, 3.63) is 17.1 Å². The van der Waals surface area contributed by atoms with E-state index >= 15 is 0 Å². The summed E-state index contributed by atoms with van der Waals surface area (Å²) >= 11 is 1.24. The molecular weight excluding hydrogens is 108 g/mol.